The monoisotopic (exact) mass is 510 g/mol. The van der Waals surface area contributed by atoms with Gasteiger partial charge in [-0.3, -0.25) is 14.2 Å². The summed E-state index contributed by atoms with van der Waals surface area (Å²) in [4.78, 5) is 39.9. The average molecular weight is 511 g/mol. The van der Waals surface area contributed by atoms with Crippen molar-refractivity contribution in [2.45, 2.75) is 33.0 Å². The number of rotatable bonds is 5. The van der Waals surface area contributed by atoms with Crippen LogP contribution in [0.5, 0.6) is 0 Å². The first-order valence-corrected chi connectivity index (χ1v) is 11.5. The molecule has 0 bridgehead atoms. The van der Waals surface area contributed by atoms with Crippen molar-refractivity contribution in [2.75, 3.05) is 10.2 Å². The summed E-state index contributed by atoms with van der Waals surface area (Å²) in [5, 5.41) is 13.4. The van der Waals surface area contributed by atoms with E-state index in [4.69, 9.17) is 28.2 Å². The van der Waals surface area contributed by atoms with E-state index >= 15 is 0 Å². The van der Waals surface area contributed by atoms with E-state index in [2.05, 4.69) is 15.3 Å². The zero-order valence-electron chi connectivity index (χ0n) is 18.8. The minimum atomic E-state index is -1.20. The molecule has 35 heavy (non-hydrogen) atoms. The Labute approximate surface area is 210 Å². The smallest absolute Gasteiger partial charge is 0.356 e. The molecule has 9 nitrogen and oxygen atoms in total. The van der Waals surface area contributed by atoms with Gasteiger partial charge in [-0.1, -0.05) is 23.2 Å². The maximum atomic E-state index is 13.1. The van der Waals surface area contributed by atoms with Crippen LogP contribution in [0.25, 0.3) is 5.65 Å². The molecule has 4 aromatic rings. The molecule has 0 aromatic carbocycles. The van der Waals surface area contributed by atoms with E-state index in [1.165, 1.54) is 16.5 Å². The summed E-state index contributed by atoms with van der Waals surface area (Å²) in [6, 6.07) is 7.99. The third-order valence-electron chi connectivity index (χ3n) is 5.87. The van der Waals surface area contributed by atoms with Crippen LogP contribution in [0.4, 0.5) is 11.5 Å². The number of hydrogen-bond acceptors (Lipinski definition) is 7. The molecule has 1 atom stereocenters. The van der Waals surface area contributed by atoms with Gasteiger partial charge < -0.3 is 15.3 Å². The zero-order chi connectivity index (χ0) is 24.9. The van der Waals surface area contributed by atoms with Crippen molar-refractivity contribution in [1.82, 2.24) is 19.4 Å². The third kappa shape index (κ3) is 4.40. The Morgan fingerprint density at radius 1 is 1.17 bits per heavy atom. The Morgan fingerprint density at radius 3 is 2.74 bits per heavy atom. The fourth-order valence-corrected chi connectivity index (χ4v) is 4.59. The van der Waals surface area contributed by atoms with Gasteiger partial charge in [0.25, 0.3) is 5.56 Å². The van der Waals surface area contributed by atoms with Crippen LogP contribution < -0.4 is 15.8 Å². The van der Waals surface area contributed by atoms with Crippen LogP contribution in [-0.2, 0) is 13.1 Å². The summed E-state index contributed by atoms with van der Waals surface area (Å²) in [6.07, 6.45) is 3.34. The molecule has 0 aliphatic carbocycles. The van der Waals surface area contributed by atoms with Gasteiger partial charge in [0.1, 0.15) is 16.6 Å². The van der Waals surface area contributed by atoms with Gasteiger partial charge in [-0.05, 0) is 49.2 Å². The lowest BCUT2D eigenvalue weighted by atomic mass is 10.1. The lowest BCUT2D eigenvalue weighted by molar-refractivity contribution is 0.0691. The number of anilines is 2. The van der Waals surface area contributed by atoms with Gasteiger partial charge in [0.15, 0.2) is 5.69 Å². The van der Waals surface area contributed by atoms with E-state index in [0.717, 1.165) is 22.4 Å². The number of nitrogens with zero attached hydrogens (tertiary/aromatic N) is 5. The minimum Gasteiger partial charge on any atom is -0.476 e. The van der Waals surface area contributed by atoms with Gasteiger partial charge in [0, 0.05) is 30.6 Å². The first-order valence-electron chi connectivity index (χ1n) is 10.8. The van der Waals surface area contributed by atoms with Crippen LogP contribution in [0, 0.1) is 6.92 Å². The molecular weight excluding hydrogens is 491 g/mol. The summed E-state index contributed by atoms with van der Waals surface area (Å²) in [5.41, 5.74) is 3.86. The molecule has 11 heteroatoms. The molecule has 0 spiro atoms. The molecule has 0 radical (unpaired) electrons. The topological polar surface area (TPSA) is 113 Å². The van der Waals surface area contributed by atoms with Crippen molar-refractivity contribution in [3.63, 3.8) is 0 Å². The highest BCUT2D eigenvalue weighted by Crippen LogP contribution is 2.29. The number of pyridine rings is 3. The summed E-state index contributed by atoms with van der Waals surface area (Å²) in [7, 11) is 0. The molecule has 5 rings (SSSR count). The van der Waals surface area contributed by atoms with Crippen molar-refractivity contribution in [1.29, 1.82) is 0 Å². The molecular formula is C24H20Cl2N6O3. The standard InChI is InChI=1S/C24H20Cl2N6O3/c1-12-5-16(13(2)28-17-3-4-19(26)29-22(17)24(34)35)23-30-20(7-21(33)32(23)9-12)31-10-14-6-15(25)8-27-18(14)11-31/h3-9,13,28H,10-11H2,1-2H3,(H,34,35)/t13-/m1/s1. The van der Waals surface area contributed by atoms with Crippen LogP contribution >= 0.6 is 23.2 Å². The van der Waals surface area contributed by atoms with Crippen LogP contribution in [-0.4, -0.2) is 30.4 Å². The van der Waals surface area contributed by atoms with Crippen LogP contribution in [0.15, 0.2) is 47.5 Å². The molecule has 4 aromatic heterocycles. The van der Waals surface area contributed by atoms with Gasteiger partial charge in [0.05, 0.1) is 29.0 Å². The van der Waals surface area contributed by atoms with Crippen LogP contribution in [0.1, 0.15) is 45.8 Å². The molecule has 0 saturated heterocycles. The highest BCUT2D eigenvalue weighted by atomic mass is 35.5. The normalized spacial score (nSPS) is 13.7. The van der Waals surface area contributed by atoms with E-state index in [9.17, 15) is 14.7 Å². The Balaban J connectivity index is 1.56. The van der Waals surface area contributed by atoms with Gasteiger partial charge in [-0.15, -0.1) is 0 Å². The largest absolute Gasteiger partial charge is 0.476 e. The van der Waals surface area contributed by atoms with E-state index in [-0.39, 0.29) is 16.4 Å². The van der Waals surface area contributed by atoms with Crippen LogP contribution in [0.3, 0.4) is 0 Å². The lowest BCUT2D eigenvalue weighted by Crippen LogP contribution is -2.23. The second-order valence-electron chi connectivity index (χ2n) is 8.44. The summed E-state index contributed by atoms with van der Waals surface area (Å²) in [6.45, 7) is 4.81. The SMILES string of the molecule is Cc1cc([C@@H](C)Nc2ccc(Cl)nc2C(=O)O)c2nc(N3Cc4cc(Cl)cnc4C3)cc(=O)n2c1. The number of carboxylic acid groups (broad SMARTS) is 1. The molecule has 0 saturated carbocycles. The molecule has 178 valence electrons. The Hall–Kier alpha value is -3.69. The molecule has 0 fully saturated rings. The van der Waals surface area contributed by atoms with Crippen molar-refractivity contribution >= 4 is 46.3 Å². The van der Waals surface area contributed by atoms with E-state index in [1.54, 1.807) is 18.5 Å². The first-order chi connectivity index (χ1) is 16.7. The summed E-state index contributed by atoms with van der Waals surface area (Å²) < 4.78 is 1.50. The van der Waals surface area contributed by atoms with E-state index < -0.39 is 12.0 Å². The maximum Gasteiger partial charge on any atom is 0.356 e. The first kappa shape index (κ1) is 23.1. The van der Waals surface area contributed by atoms with Gasteiger partial charge in [-0.2, -0.15) is 0 Å². The highest BCUT2D eigenvalue weighted by Gasteiger charge is 2.24. The highest BCUT2D eigenvalue weighted by molar-refractivity contribution is 6.30. The number of aromatic nitrogens is 4. The number of carbonyl (C=O) groups is 1. The number of nitrogens with one attached hydrogen (secondary N) is 1. The quantitative estimate of drug-likeness (QED) is 0.377. The lowest BCUT2D eigenvalue weighted by Gasteiger charge is -2.21. The summed E-state index contributed by atoms with van der Waals surface area (Å²) in [5.74, 6) is -0.670. The van der Waals surface area contributed by atoms with Gasteiger partial charge in [0.2, 0.25) is 0 Å². The zero-order valence-corrected chi connectivity index (χ0v) is 20.3. The number of hydrogen-bond donors (Lipinski definition) is 2. The fourth-order valence-electron chi connectivity index (χ4n) is 4.26. The number of fused-ring (bicyclic) bond motifs is 2. The molecule has 1 aliphatic heterocycles. The van der Waals surface area contributed by atoms with Gasteiger partial charge in [-0.25, -0.2) is 14.8 Å². The number of aromatic carboxylic acids is 1. The number of carboxylic acids is 1. The number of aryl methyl sites for hydroxylation is 1. The predicted molar refractivity (Wildman–Crippen MR) is 134 cm³/mol. The van der Waals surface area contributed by atoms with Gasteiger partial charge >= 0.3 is 5.97 Å². The van der Waals surface area contributed by atoms with Crippen molar-refractivity contribution in [3.05, 3.63) is 91.3 Å². The van der Waals surface area contributed by atoms with Crippen molar-refractivity contribution in [3.8, 4) is 0 Å². The van der Waals surface area contributed by atoms with E-state index in [0.29, 0.717) is 35.3 Å². The number of halogens is 2. The second-order valence-corrected chi connectivity index (χ2v) is 9.26. The van der Waals surface area contributed by atoms with E-state index in [1.807, 2.05) is 30.9 Å². The molecule has 0 unspecified atom stereocenters. The average Bonchev–Trinajstić information content (AvgIpc) is 3.23. The molecule has 2 N–H and O–H groups in total. The Bertz CT molecular complexity index is 1550. The van der Waals surface area contributed by atoms with Crippen molar-refractivity contribution < 1.29 is 9.90 Å². The Kier molecular flexibility index (Phi) is 5.82. The Morgan fingerprint density at radius 2 is 1.97 bits per heavy atom. The molecule has 1 aliphatic rings. The maximum absolute atomic E-state index is 13.1. The molecule has 5 heterocycles. The van der Waals surface area contributed by atoms with Crippen molar-refractivity contribution in [2.24, 2.45) is 0 Å². The second kappa shape index (κ2) is 8.83. The fraction of sp³-hybridized carbons (Fsp3) is 0.208. The molecule has 0 amide bonds. The predicted octanol–water partition coefficient (Wildman–Crippen LogP) is 4.49. The third-order valence-corrected chi connectivity index (χ3v) is 6.28. The summed E-state index contributed by atoms with van der Waals surface area (Å²) >= 11 is 12.0. The minimum absolute atomic E-state index is 0.0851. The van der Waals surface area contributed by atoms with Crippen LogP contribution in [0.2, 0.25) is 10.2 Å².